The van der Waals surface area contributed by atoms with Gasteiger partial charge in [-0.05, 0) is 29.2 Å². The van der Waals surface area contributed by atoms with E-state index in [0.29, 0.717) is 0 Å². The van der Waals surface area contributed by atoms with Crippen LogP contribution in [-0.2, 0) is 5.41 Å². The number of oxime groups is 1. The summed E-state index contributed by atoms with van der Waals surface area (Å²) in [5.41, 5.74) is 3.15. The molecule has 0 atom stereocenters. The molecule has 1 aromatic carbocycles. The highest BCUT2D eigenvalue weighted by Gasteiger charge is 2.13. The molecule has 1 aromatic heterocycles. The van der Waals surface area contributed by atoms with Gasteiger partial charge in [0.1, 0.15) is 0 Å². The van der Waals surface area contributed by atoms with Crippen molar-refractivity contribution in [2.24, 2.45) is 5.16 Å². The maximum absolute atomic E-state index is 6.51. The summed E-state index contributed by atoms with van der Waals surface area (Å²) in [4.78, 5) is 4.35. The van der Waals surface area contributed by atoms with Crippen molar-refractivity contribution in [1.82, 2.24) is 4.98 Å². The van der Waals surface area contributed by atoms with Crippen molar-refractivity contribution >= 4 is 17.1 Å². The fourth-order valence-electron chi connectivity index (χ4n) is 1.75. The highest BCUT2D eigenvalue weighted by Crippen LogP contribution is 2.25. The summed E-state index contributed by atoms with van der Waals surface area (Å²) >= 11 is 0. The zero-order valence-corrected chi connectivity index (χ0v) is 10.3. The van der Waals surface area contributed by atoms with E-state index in [1.165, 1.54) is 11.8 Å². The molecule has 0 spiro atoms. The average molecular weight is 229 g/mol. The Bertz CT molecular complexity index is 588. The number of pyridine rings is 1. The monoisotopic (exact) mass is 229 g/mol. The van der Waals surface area contributed by atoms with Gasteiger partial charge in [-0.25, -0.2) is 0 Å². The minimum Gasteiger partial charge on any atom is -0.411 e. The number of benzene rings is 1. The Morgan fingerprint density at radius 1 is 1.35 bits per heavy atom. The summed E-state index contributed by atoms with van der Waals surface area (Å²) in [6.07, 6.45) is 3.19. The minimum atomic E-state index is 0.114. The zero-order valence-electron chi connectivity index (χ0n) is 11.3. The van der Waals surface area contributed by atoms with E-state index in [-0.39, 0.29) is 5.41 Å². The second-order valence-electron chi connectivity index (χ2n) is 5.16. The number of aromatic nitrogens is 1. The van der Waals surface area contributed by atoms with Gasteiger partial charge in [0, 0.05) is 17.1 Å². The third-order valence-corrected chi connectivity index (χ3v) is 2.77. The molecule has 0 aliphatic carbocycles. The van der Waals surface area contributed by atoms with E-state index in [1.807, 2.05) is 12.1 Å². The lowest BCUT2D eigenvalue weighted by molar-refractivity contribution is 0.322. The minimum absolute atomic E-state index is 0.114. The van der Waals surface area contributed by atoms with Crippen LogP contribution in [0.25, 0.3) is 10.9 Å². The van der Waals surface area contributed by atoms with Gasteiger partial charge in [-0.2, -0.15) is 0 Å². The molecule has 0 saturated carbocycles. The molecule has 0 amide bonds. The van der Waals surface area contributed by atoms with E-state index in [4.69, 9.17) is 1.43 Å². The third kappa shape index (κ3) is 2.44. The standard InChI is InChI=1S/C14H16N2O/c1-14(2,3)12-4-5-13-11(7-12)6-10(8-15-13)9-16-17/h4-9,17H,1-3H3/i/hD. The first-order valence-electron chi connectivity index (χ1n) is 5.97. The van der Waals surface area contributed by atoms with E-state index in [2.05, 4.69) is 48.3 Å². The second kappa shape index (κ2) is 4.17. The quantitative estimate of drug-likeness (QED) is 0.487. The molecule has 0 fully saturated rings. The van der Waals surface area contributed by atoms with Gasteiger partial charge >= 0.3 is 1.43 Å². The molecule has 0 bridgehead atoms. The number of hydrogen-bond acceptors (Lipinski definition) is 3. The Balaban J connectivity index is 2.50. The summed E-state index contributed by atoms with van der Waals surface area (Å²) in [5.74, 6) is 0. The fourth-order valence-corrected chi connectivity index (χ4v) is 1.75. The van der Waals surface area contributed by atoms with E-state index < -0.39 is 0 Å². The largest absolute Gasteiger partial charge is 0.411 e. The molecular weight excluding hydrogens is 212 g/mol. The van der Waals surface area contributed by atoms with Crippen molar-refractivity contribution in [2.45, 2.75) is 26.2 Å². The number of fused-ring (bicyclic) bond motifs is 1. The van der Waals surface area contributed by atoms with Crippen LogP contribution in [0.5, 0.6) is 0 Å². The van der Waals surface area contributed by atoms with Crippen molar-refractivity contribution in [3.05, 3.63) is 41.6 Å². The molecule has 3 nitrogen and oxygen atoms in total. The molecule has 0 aliphatic heterocycles. The van der Waals surface area contributed by atoms with E-state index >= 15 is 0 Å². The van der Waals surface area contributed by atoms with Crippen molar-refractivity contribution < 1.29 is 6.64 Å². The van der Waals surface area contributed by atoms with Gasteiger partial charge in [-0.1, -0.05) is 32.0 Å². The Hall–Kier alpha value is -1.90. The van der Waals surface area contributed by atoms with E-state index in [0.717, 1.165) is 16.5 Å². The van der Waals surface area contributed by atoms with Crippen LogP contribution in [0.4, 0.5) is 0 Å². The highest BCUT2D eigenvalue weighted by molar-refractivity contribution is 5.87. The summed E-state index contributed by atoms with van der Waals surface area (Å²) < 4.78 is 6.51. The molecule has 2 rings (SSSR count). The van der Waals surface area contributed by atoms with Gasteiger partial charge in [0.15, 0.2) is 0 Å². The molecule has 17 heavy (non-hydrogen) atoms. The first kappa shape index (κ1) is 10.3. The van der Waals surface area contributed by atoms with Crippen LogP contribution in [0.3, 0.4) is 0 Å². The lowest BCUT2D eigenvalue weighted by Crippen LogP contribution is -2.10. The first-order valence-corrected chi connectivity index (χ1v) is 5.57. The van der Waals surface area contributed by atoms with Crippen LogP contribution < -0.4 is 0 Å². The SMILES string of the molecule is [2H]ON=Cc1cnc2ccc(C(C)(C)C)cc2c1. The van der Waals surface area contributed by atoms with Crippen molar-refractivity contribution in [1.29, 1.82) is 0 Å². The van der Waals surface area contributed by atoms with Crippen LogP contribution in [0, 0.1) is 0 Å². The Labute approximate surface area is 102 Å². The maximum Gasteiger partial charge on any atom is 0.330 e. The molecular formula is C14H16N2O. The molecule has 1 N–H and O–H groups in total. The number of rotatable bonds is 2. The van der Waals surface area contributed by atoms with Crippen LogP contribution >= 0.6 is 0 Å². The van der Waals surface area contributed by atoms with Crippen LogP contribution in [-0.4, -0.2) is 16.4 Å². The van der Waals surface area contributed by atoms with Crippen molar-refractivity contribution in [3.63, 3.8) is 0 Å². The molecule has 2 aromatic rings. The highest BCUT2D eigenvalue weighted by atomic mass is 16.4. The topological polar surface area (TPSA) is 45.5 Å². The Kier molecular flexibility index (Phi) is 2.52. The predicted molar refractivity (Wildman–Crippen MR) is 69.8 cm³/mol. The normalized spacial score (nSPS) is 13.0. The fraction of sp³-hybridized carbons (Fsp3) is 0.286. The molecule has 0 saturated heterocycles. The summed E-state index contributed by atoms with van der Waals surface area (Å²) in [6, 6.07) is 8.26. The molecule has 1 heterocycles. The third-order valence-electron chi connectivity index (χ3n) is 2.77. The maximum atomic E-state index is 6.51. The predicted octanol–water partition coefficient (Wildman–Crippen LogP) is 3.34. The van der Waals surface area contributed by atoms with Gasteiger partial charge in [0.05, 0.1) is 11.7 Å². The van der Waals surface area contributed by atoms with Gasteiger partial charge < -0.3 is 5.21 Å². The van der Waals surface area contributed by atoms with E-state index in [1.54, 1.807) is 6.20 Å². The van der Waals surface area contributed by atoms with Crippen LogP contribution in [0.15, 0.2) is 35.6 Å². The molecule has 3 heteroatoms. The van der Waals surface area contributed by atoms with Crippen LogP contribution in [0.1, 0.15) is 31.9 Å². The van der Waals surface area contributed by atoms with Gasteiger partial charge in [0.25, 0.3) is 0 Å². The lowest BCUT2D eigenvalue weighted by Gasteiger charge is -2.19. The van der Waals surface area contributed by atoms with Gasteiger partial charge in [0.2, 0.25) is 0 Å². The summed E-state index contributed by atoms with van der Waals surface area (Å²) in [6.45, 7) is 6.54. The Morgan fingerprint density at radius 3 is 2.88 bits per heavy atom. The van der Waals surface area contributed by atoms with Crippen molar-refractivity contribution in [3.8, 4) is 0 Å². The lowest BCUT2D eigenvalue weighted by atomic mass is 9.86. The van der Waals surface area contributed by atoms with Gasteiger partial charge in [-0.3, -0.25) is 4.98 Å². The molecule has 0 unspecified atom stereocenters. The number of nitrogens with zero attached hydrogens (tertiary/aromatic N) is 2. The van der Waals surface area contributed by atoms with E-state index in [9.17, 15) is 0 Å². The smallest absolute Gasteiger partial charge is 0.330 e. The summed E-state index contributed by atoms with van der Waals surface area (Å²) in [7, 11) is 0. The first-order chi connectivity index (χ1) is 8.50. The van der Waals surface area contributed by atoms with Gasteiger partial charge in [-0.15, -0.1) is 0 Å². The number of hydrogen-bond donors (Lipinski definition) is 1. The summed E-state index contributed by atoms with van der Waals surface area (Å²) in [5, 5.41) is 8.42. The second-order valence-corrected chi connectivity index (χ2v) is 5.16. The zero-order chi connectivity index (χ0) is 13.2. The molecule has 0 aliphatic rings. The Morgan fingerprint density at radius 2 is 2.18 bits per heavy atom. The average Bonchev–Trinajstić information content (AvgIpc) is 2.34. The van der Waals surface area contributed by atoms with Crippen LogP contribution in [0.2, 0.25) is 1.43 Å². The van der Waals surface area contributed by atoms with Crippen molar-refractivity contribution in [2.75, 3.05) is 0 Å². The molecule has 0 radical (unpaired) electrons. The molecule has 88 valence electrons.